The summed E-state index contributed by atoms with van der Waals surface area (Å²) in [6, 6.07) is 9.26. The molecule has 2 atom stereocenters. The monoisotopic (exact) mass is 457 g/mol. The molecule has 0 aromatic heterocycles. The van der Waals surface area contributed by atoms with Crippen molar-refractivity contribution in [3.63, 3.8) is 0 Å². The number of ether oxygens (including phenoxy) is 1. The van der Waals surface area contributed by atoms with Gasteiger partial charge in [0.15, 0.2) is 0 Å². The highest BCUT2D eigenvalue weighted by Gasteiger charge is 2.42. The summed E-state index contributed by atoms with van der Waals surface area (Å²) in [4.78, 5) is 11.5. The second-order valence-corrected chi connectivity index (χ2v) is 9.74. The predicted molar refractivity (Wildman–Crippen MR) is 106 cm³/mol. The lowest BCUT2D eigenvalue weighted by Gasteiger charge is -2.19. The van der Waals surface area contributed by atoms with Gasteiger partial charge in [0.2, 0.25) is 0 Å². The van der Waals surface area contributed by atoms with Crippen LogP contribution in [0.3, 0.4) is 0 Å². The van der Waals surface area contributed by atoms with E-state index in [0.29, 0.717) is 24.1 Å². The van der Waals surface area contributed by atoms with Crippen LogP contribution in [-0.4, -0.2) is 26.2 Å². The first-order valence-electron chi connectivity index (χ1n) is 9.46. The van der Waals surface area contributed by atoms with E-state index in [1.165, 1.54) is 6.07 Å². The molecule has 0 saturated heterocycles. The van der Waals surface area contributed by atoms with E-state index in [4.69, 9.17) is 8.92 Å². The zero-order valence-corrected chi connectivity index (χ0v) is 17.9. The number of alkyl halides is 3. The van der Waals surface area contributed by atoms with Gasteiger partial charge in [-0.2, -0.15) is 21.6 Å². The first-order chi connectivity index (χ1) is 14.3. The summed E-state index contributed by atoms with van der Waals surface area (Å²) >= 11 is 0. The largest absolute Gasteiger partial charge is 0.444 e. The number of benzene rings is 2. The van der Waals surface area contributed by atoms with Gasteiger partial charge in [-0.1, -0.05) is 18.2 Å². The molecule has 0 radical (unpaired) electrons. The van der Waals surface area contributed by atoms with Crippen LogP contribution >= 0.6 is 0 Å². The van der Waals surface area contributed by atoms with Crippen LogP contribution in [0.25, 0.3) is 0 Å². The average molecular weight is 457 g/mol. The summed E-state index contributed by atoms with van der Waals surface area (Å²) in [6.45, 7) is 5.23. The van der Waals surface area contributed by atoms with Crippen molar-refractivity contribution in [1.82, 2.24) is 5.32 Å². The van der Waals surface area contributed by atoms with E-state index in [1.807, 2.05) is 0 Å². The summed E-state index contributed by atoms with van der Waals surface area (Å²) in [6.07, 6.45) is -4.58. The smallest absolute Gasteiger partial charge is 0.416 e. The number of para-hydroxylation sites is 1. The van der Waals surface area contributed by atoms with Gasteiger partial charge in [-0.15, -0.1) is 0 Å². The summed E-state index contributed by atoms with van der Waals surface area (Å²) in [5, 5.41) is 2.73. The molecular weight excluding hydrogens is 435 g/mol. The van der Waals surface area contributed by atoms with Crippen LogP contribution in [-0.2, 0) is 21.0 Å². The van der Waals surface area contributed by atoms with Crippen molar-refractivity contribution in [2.24, 2.45) is 0 Å². The minimum atomic E-state index is -4.57. The Morgan fingerprint density at radius 3 is 2.23 bits per heavy atom. The van der Waals surface area contributed by atoms with Crippen LogP contribution in [0.15, 0.2) is 53.4 Å². The lowest BCUT2D eigenvalue weighted by Crippen LogP contribution is -2.34. The molecule has 10 heteroatoms. The number of halogens is 3. The number of nitrogens with one attached hydrogen (secondary N) is 1. The molecule has 0 bridgehead atoms. The van der Waals surface area contributed by atoms with Gasteiger partial charge in [-0.05, 0) is 57.5 Å². The van der Waals surface area contributed by atoms with E-state index < -0.39 is 38.4 Å². The van der Waals surface area contributed by atoms with Crippen molar-refractivity contribution < 1.29 is 35.3 Å². The topological polar surface area (TPSA) is 81.7 Å². The van der Waals surface area contributed by atoms with E-state index in [1.54, 1.807) is 39.0 Å². The second kappa shape index (κ2) is 8.07. The van der Waals surface area contributed by atoms with Crippen molar-refractivity contribution in [1.29, 1.82) is 0 Å². The molecule has 0 spiro atoms. The molecule has 6 nitrogen and oxygen atoms in total. The first kappa shape index (κ1) is 22.9. The molecule has 31 heavy (non-hydrogen) atoms. The van der Waals surface area contributed by atoms with Crippen molar-refractivity contribution >= 4 is 16.2 Å². The fourth-order valence-electron chi connectivity index (χ4n) is 3.00. The lowest BCUT2D eigenvalue weighted by atomic mass is 10.1. The minimum absolute atomic E-state index is 0.0564. The predicted octanol–water partition coefficient (Wildman–Crippen LogP) is 4.85. The van der Waals surface area contributed by atoms with Gasteiger partial charge in [-0.3, -0.25) is 0 Å². The number of rotatable bonds is 5. The fourth-order valence-corrected chi connectivity index (χ4v) is 3.95. The van der Waals surface area contributed by atoms with E-state index in [0.717, 1.165) is 12.1 Å². The molecule has 168 valence electrons. The van der Waals surface area contributed by atoms with Gasteiger partial charge in [0.05, 0.1) is 5.56 Å². The van der Waals surface area contributed by atoms with Crippen molar-refractivity contribution in [2.75, 3.05) is 0 Å². The molecule has 1 amide bonds. The summed E-state index contributed by atoms with van der Waals surface area (Å²) in [5.74, 6) is -0.118. The Hall–Kier alpha value is -2.75. The Kier molecular flexibility index (Phi) is 5.96. The third-order valence-electron chi connectivity index (χ3n) is 4.48. The van der Waals surface area contributed by atoms with Crippen LogP contribution < -0.4 is 9.50 Å². The van der Waals surface area contributed by atoms with E-state index >= 15 is 0 Å². The van der Waals surface area contributed by atoms with Gasteiger partial charge >= 0.3 is 22.4 Å². The highest BCUT2D eigenvalue weighted by molar-refractivity contribution is 7.87. The average Bonchev–Trinajstić information content (AvgIpc) is 3.38. The second-order valence-electron chi connectivity index (χ2n) is 8.19. The van der Waals surface area contributed by atoms with Crippen LogP contribution in [0, 0.1) is 0 Å². The maximum atomic E-state index is 12.7. The van der Waals surface area contributed by atoms with E-state index in [-0.39, 0.29) is 17.7 Å². The highest BCUT2D eigenvalue weighted by Crippen LogP contribution is 2.45. The SMILES string of the molecule is CC(C)(C)OC(=O)NC1CC1c1ccccc1OS(=O)(=O)c1ccc(C(F)(F)F)cc1. The fraction of sp³-hybridized carbons (Fsp3) is 0.381. The summed E-state index contributed by atoms with van der Waals surface area (Å²) in [5.41, 5.74) is -1.04. The molecule has 2 aromatic rings. The highest BCUT2D eigenvalue weighted by atomic mass is 32.2. The lowest BCUT2D eigenvalue weighted by molar-refractivity contribution is -0.137. The van der Waals surface area contributed by atoms with Gasteiger partial charge in [0.25, 0.3) is 0 Å². The first-order valence-corrected chi connectivity index (χ1v) is 10.9. The minimum Gasteiger partial charge on any atom is -0.444 e. The van der Waals surface area contributed by atoms with E-state index in [9.17, 15) is 26.4 Å². The van der Waals surface area contributed by atoms with Crippen LogP contribution in [0.4, 0.5) is 18.0 Å². The van der Waals surface area contributed by atoms with Gasteiger partial charge in [0, 0.05) is 17.5 Å². The number of carbonyl (C=O) groups excluding carboxylic acids is 1. The molecule has 0 aliphatic heterocycles. The van der Waals surface area contributed by atoms with Crippen molar-refractivity contribution in [3.05, 3.63) is 59.7 Å². The third-order valence-corrected chi connectivity index (χ3v) is 5.73. The molecule has 2 unspecified atom stereocenters. The summed E-state index contributed by atoms with van der Waals surface area (Å²) in [7, 11) is -4.35. The molecule has 1 aliphatic carbocycles. The van der Waals surface area contributed by atoms with Crippen LogP contribution in [0.1, 0.15) is 44.2 Å². The molecule has 1 N–H and O–H groups in total. The van der Waals surface area contributed by atoms with Gasteiger partial charge < -0.3 is 14.2 Å². The molecular formula is C21H22F3NO5S. The standard InChI is InChI=1S/C21H22F3NO5S/c1-20(2,3)29-19(26)25-17-12-16(17)15-6-4-5-7-18(15)30-31(27,28)14-10-8-13(9-11-14)21(22,23)24/h4-11,16-17H,12H2,1-3H3,(H,25,26). The molecule has 3 rings (SSSR count). The number of hydrogen-bond acceptors (Lipinski definition) is 5. The Balaban J connectivity index is 1.73. The third kappa shape index (κ3) is 5.90. The molecule has 1 aliphatic rings. The van der Waals surface area contributed by atoms with E-state index in [2.05, 4.69) is 5.32 Å². The van der Waals surface area contributed by atoms with Crippen molar-refractivity contribution in [3.8, 4) is 5.75 Å². The number of hydrogen-bond donors (Lipinski definition) is 1. The molecule has 1 saturated carbocycles. The number of carbonyl (C=O) groups is 1. The van der Waals surface area contributed by atoms with Gasteiger partial charge in [-0.25, -0.2) is 4.79 Å². The maximum absolute atomic E-state index is 12.7. The zero-order chi connectivity index (χ0) is 23.0. The normalized spacial score (nSPS) is 18.9. The Morgan fingerprint density at radius 1 is 1.03 bits per heavy atom. The molecule has 2 aromatic carbocycles. The maximum Gasteiger partial charge on any atom is 0.416 e. The Morgan fingerprint density at radius 2 is 1.65 bits per heavy atom. The quantitative estimate of drug-likeness (QED) is 0.649. The Bertz CT molecular complexity index is 1060. The Labute approximate surface area is 178 Å². The number of amides is 1. The van der Waals surface area contributed by atoms with Gasteiger partial charge in [0.1, 0.15) is 16.2 Å². The zero-order valence-electron chi connectivity index (χ0n) is 17.1. The molecule has 0 heterocycles. The summed E-state index contributed by atoms with van der Waals surface area (Å²) < 4.78 is 73.7. The number of alkyl carbamates (subject to hydrolysis) is 1. The molecule has 1 fully saturated rings. The van der Waals surface area contributed by atoms with Crippen molar-refractivity contribution in [2.45, 2.75) is 55.8 Å². The van der Waals surface area contributed by atoms with Crippen LogP contribution in [0.2, 0.25) is 0 Å². The van der Waals surface area contributed by atoms with Crippen LogP contribution in [0.5, 0.6) is 5.75 Å².